The van der Waals surface area contributed by atoms with Crippen LogP contribution in [0.5, 0.6) is 0 Å². The fourth-order valence-corrected chi connectivity index (χ4v) is 3.79. The molecule has 0 unspecified atom stereocenters. The molecule has 8 heteroatoms. The van der Waals surface area contributed by atoms with Crippen molar-refractivity contribution in [1.29, 1.82) is 0 Å². The van der Waals surface area contributed by atoms with E-state index in [1.165, 1.54) is 23.5 Å². The molecule has 0 aliphatic carbocycles. The molecule has 0 bridgehead atoms. The van der Waals surface area contributed by atoms with Crippen molar-refractivity contribution >= 4 is 27.5 Å². The number of benzene rings is 2. The highest BCUT2D eigenvalue weighted by atomic mass is 35.5. The van der Waals surface area contributed by atoms with Crippen LogP contribution < -0.4 is 5.32 Å². The van der Waals surface area contributed by atoms with Gasteiger partial charge in [-0.25, -0.2) is 17.1 Å². The van der Waals surface area contributed by atoms with Crippen LogP contribution in [0.25, 0.3) is 0 Å². The highest BCUT2D eigenvalue weighted by Gasteiger charge is 2.20. The zero-order chi connectivity index (χ0) is 19.9. The normalized spacial score (nSPS) is 11.6. The van der Waals surface area contributed by atoms with Crippen LogP contribution in [0.15, 0.2) is 53.4 Å². The van der Waals surface area contributed by atoms with Crippen LogP contribution in [0.3, 0.4) is 0 Å². The van der Waals surface area contributed by atoms with E-state index in [4.69, 9.17) is 11.6 Å². The van der Waals surface area contributed by atoms with Crippen LogP contribution >= 0.6 is 11.6 Å². The monoisotopic (exact) mass is 412 g/mol. The summed E-state index contributed by atoms with van der Waals surface area (Å²) < 4.78 is 38.8. The van der Waals surface area contributed by atoms with Gasteiger partial charge in [0.2, 0.25) is 15.9 Å². The summed E-state index contributed by atoms with van der Waals surface area (Å²) in [6.45, 7) is 0.703. The maximum absolute atomic E-state index is 12.9. The fraction of sp³-hybridized carbons (Fsp3) is 0.316. The maximum Gasteiger partial charge on any atom is 0.242 e. The number of amides is 1. The molecule has 27 heavy (non-hydrogen) atoms. The molecule has 146 valence electrons. The van der Waals surface area contributed by atoms with E-state index in [1.807, 2.05) is 12.1 Å². The van der Waals surface area contributed by atoms with Gasteiger partial charge in [-0.15, -0.1) is 0 Å². The molecule has 0 aromatic heterocycles. The molecule has 5 nitrogen and oxygen atoms in total. The van der Waals surface area contributed by atoms with Gasteiger partial charge >= 0.3 is 0 Å². The molecule has 1 amide bonds. The summed E-state index contributed by atoms with van der Waals surface area (Å²) in [6.07, 6.45) is 1.31. The predicted molar refractivity (Wildman–Crippen MR) is 104 cm³/mol. The van der Waals surface area contributed by atoms with Crippen molar-refractivity contribution in [2.75, 3.05) is 20.1 Å². The largest absolute Gasteiger partial charge is 0.356 e. The molecule has 0 aliphatic heterocycles. The van der Waals surface area contributed by atoms with E-state index in [1.54, 1.807) is 12.1 Å². The summed E-state index contributed by atoms with van der Waals surface area (Å²) in [6, 6.07) is 12.1. The number of sulfonamides is 1. The minimum absolute atomic E-state index is 0.0267. The molecule has 0 spiro atoms. The summed E-state index contributed by atoms with van der Waals surface area (Å²) >= 11 is 5.82. The Balaban J connectivity index is 1.72. The van der Waals surface area contributed by atoms with Crippen LogP contribution in [0.2, 0.25) is 5.02 Å². The first-order valence-electron chi connectivity index (χ1n) is 8.52. The van der Waals surface area contributed by atoms with Crippen molar-refractivity contribution in [2.24, 2.45) is 0 Å². The Morgan fingerprint density at radius 2 is 1.74 bits per heavy atom. The zero-order valence-corrected chi connectivity index (χ0v) is 16.6. The second kappa shape index (κ2) is 9.82. The van der Waals surface area contributed by atoms with E-state index >= 15 is 0 Å². The van der Waals surface area contributed by atoms with E-state index in [0.717, 1.165) is 17.7 Å². The number of nitrogens with one attached hydrogen (secondary N) is 1. The average Bonchev–Trinajstić information content (AvgIpc) is 2.63. The molecule has 1 N–H and O–H groups in total. The van der Waals surface area contributed by atoms with Crippen molar-refractivity contribution in [1.82, 2.24) is 9.62 Å². The minimum atomic E-state index is -3.69. The summed E-state index contributed by atoms with van der Waals surface area (Å²) in [5.41, 5.74) is 1.07. The molecule has 0 atom stereocenters. The minimum Gasteiger partial charge on any atom is -0.356 e. The van der Waals surface area contributed by atoms with Crippen LogP contribution in [0.4, 0.5) is 4.39 Å². The van der Waals surface area contributed by atoms with Crippen LogP contribution in [-0.4, -0.2) is 38.8 Å². The van der Waals surface area contributed by atoms with Gasteiger partial charge in [-0.3, -0.25) is 4.79 Å². The SMILES string of the molecule is CN(CCCC(=O)NCCc1ccc(Cl)cc1)S(=O)(=O)c1ccc(F)cc1. The maximum atomic E-state index is 12.9. The molecule has 0 fully saturated rings. The van der Waals surface area contributed by atoms with E-state index in [2.05, 4.69) is 5.32 Å². The van der Waals surface area contributed by atoms with E-state index in [0.29, 0.717) is 24.4 Å². The number of hydrogen-bond donors (Lipinski definition) is 1. The first-order valence-corrected chi connectivity index (χ1v) is 10.3. The van der Waals surface area contributed by atoms with Crippen molar-refractivity contribution in [3.8, 4) is 0 Å². The van der Waals surface area contributed by atoms with Crippen molar-refractivity contribution in [3.05, 3.63) is 64.9 Å². The van der Waals surface area contributed by atoms with Gasteiger partial charge in [0.1, 0.15) is 5.82 Å². The van der Waals surface area contributed by atoms with Crippen molar-refractivity contribution in [2.45, 2.75) is 24.2 Å². The Kier molecular flexibility index (Phi) is 7.77. The first kappa shape index (κ1) is 21.3. The number of halogens is 2. The smallest absolute Gasteiger partial charge is 0.242 e. The van der Waals surface area contributed by atoms with E-state index in [-0.39, 0.29) is 23.8 Å². The Hall–Kier alpha value is -1.96. The fourth-order valence-electron chi connectivity index (χ4n) is 2.45. The number of carbonyl (C=O) groups is 1. The Morgan fingerprint density at radius 1 is 1.11 bits per heavy atom. The van der Waals surface area contributed by atoms with Gasteiger partial charge in [0.15, 0.2) is 0 Å². The lowest BCUT2D eigenvalue weighted by atomic mass is 10.1. The highest BCUT2D eigenvalue weighted by molar-refractivity contribution is 7.89. The summed E-state index contributed by atoms with van der Waals surface area (Å²) in [5, 5.41) is 3.48. The topological polar surface area (TPSA) is 66.5 Å². The molecule has 0 radical (unpaired) electrons. The second-order valence-corrected chi connectivity index (χ2v) is 8.59. The Labute approximate surface area is 164 Å². The van der Waals surface area contributed by atoms with Gasteiger partial charge in [-0.05, 0) is 54.8 Å². The van der Waals surface area contributed by atoms with Crippen LogP contribution in [0, 0.1) is 5.82 Å². The van der Waals surface area contributed by atoms with E-state index in [9.17, 15) is 17.6 Å². The third-order valence-corrected chi connectivity index (χ3v) is 6.17. The molecule has 0 saturated heterocycles. The molecular formula is C19H22ClFN2O3S. The van der Waals surface area contributed by atoms with Crippen LogP contribution in [0.1, 0.15) is 18.4 Å². The van der Waals surface area contributed by atoms with Crippen molar-refractivity contribution in [3.63, 3.8) is 0 Å². The molecule has 2 aromatic rings. The van der Waals surface area contributed by atoms with Gasteiger partial charge in [0, 0.05) is 31.6 Å². The van der Waals surface area contributed by atoms with Gasteiger partial charge in [-0.2, -0.15) is 0 Å². The molecular weight excluding hydrogens is 391 g/mol. The average molecular weight is 413 g/mol. The summed E-state index contributed by atoms with van der Waals surface area (Å²) in [7, 11) is -2.24. The van der Waals surface area contributed by atoms with Gasteiger partial charge in [-0.1, -0.05) is 23.7 Å². The molecule has 0 heterocycles. The lowest BCUT2D eigenvalue weighted by molar-refractivity contribution is -0.121. The highest BCUT2D eigenvalue weighted by Crippen LogP contribution is 2.15. The number of nitrogens with zero attached hydrogens (tertiary/aromatic N) is 1. The van der Waals surface area contributed by atoms with E-state index < -0.39 is 15.8 Å². The standard InChI is InChI=1S/C19H22ClFN2O3S/c1-23(27(25,26)18-10-8-17(21)9-11-18)14-2-3-19(24)22-13-12-15-4-6-16(20)7-5-15/h4-11H,2-3,12-14H2,1H3,(H,22,24). The summed E-state index contributed by atoms with van der Waals surface area (Å²) in [5.74, 6) is -0.622. The summed E-state index contributed by atoms with van der Waals surface area (Å²) in [4.78, 5) is 11.9. The second-order valence-electron chi connectivity index (χ2n) is 6.11. The van der Waals surface area contributed by atoms with Crippen LogP contribution in [-0.2, 0) is 21.2 Å². The van der Waals surface area contributed by atoms with Crippen molar-refractivity contribution < 1.29 is 17.6 Å². The third-order valence-electron chi connectivity index (χ3n) is 4.05. The van der Waals surface area contributed by atoms with Gasteiger partial charge in [0.25, 0.3) is 0 Å². The molecule has 0 saturated carbocycles. The third kappa shape index (κ3) is 6.61. The number of rotatable bonds is 9. The van der Waals surface area contributed by atoms with Gasteiger partial charge in [0.05, 0.1) is 4.90 Å². The lowest BCUT2D eigenvalue weighted by Gasteiger charge is -2.17. The Morgan fingerprint density at radius 3 is 2.37 bits per heavy atom. The molecule has 2 rings (SSSR count). The van der Waals surface area contributed by atoms with Gasteiger partial charge < -0.3 is 5.32 Å². The first-order chi connectivity index (χ1) is 12.8. The lowest BCUT2D eigenvalue weighted by Crippen LogP contribution is -2.30. The quantitative estimate of drug-likeness (QED) is 0.687. The Bertz CT molecular complexity index is 856. The zero-order valence-electron chi connectivity index (χ0n) is 15.0. The number of hydrogen-bond acceptors (Lipinski definition) is 3. The number of carbonyl (C=O) groups excluding carboxylic acids is 1. The molecule has 2 aromatic carbocycles. The predicted octanol–water partition coefficient (Wildman–Crippen LogP) is 3.24. The molecule has 0 aliphatic rings.